The number of aryl methyl sites for hydroxylation is 1. The van der Waals surface area contributed by atoms with E-state index in [1.54, 1.807) is 6.92 Å². The monoisotopic (exact) mass is 228 g/mol. The van der Waals surface area contributed by atoms with Crippen molar-refractivity contribution in [3.63, 3.8) is 0 Å². The zero-order valence-electron chi connectivity index (χ0n) is 8.99. The molecule has 0 fully saturated rings. The van der Waals surface area contributed by atoms with Crippen LogP contribution in [0.4, 0.5) is 4.39 Å². The predicted octanol–water partition coefficient (Wildman–Crippen LogP) is 2.12. The Morgan fingerprint density at radius 2 is 2.00 bits per heavy atom. The van der Waals surface area contributed by atoms with Gasteiger partial charge in [-0.2, -0.15) is 4.39 Å². The number of carboxylic acids is 1. The summed E-state index contributed by atoms with van der Waals surface area (Å²) >= 11 is 0. The minimum Gasteiger partial charge on any atom is -0.505 e. The molecule has 0 aliphatic carbocycles. The second-order valence-electron chi connectivity index (χ2n) is 3.59. The van der Waals surface area contributed by atoms with E-state index in [2.05, 4.69) is 0 Å². The molecule has 0 heterocycles. The number of phenols is 2. The maximum absolute atomic E-state index is 13.3. The Balaban J connectivity index is 3.39. The molecule has 0 amide bonds. The van der Waals surface area contributed by atoms with Crippen LogP contribution in [0, 0.1) is 12.7 Å². The summed E-state index contributed by atoms with van der Waals surface area (Å²) in [5.41, 5.74) is 0.188. The minimum absolute atomic E-state index is 0.0113. The van der Waals surface area contributed by atoms with Gasteiger partial charge in [0.2, 0.25) is 5.82 Å². The third kappa shape index (κ3) is 1.93. The van der Waals surface area contributed by atoms with Crippen LogP contribution >= 0.6 is 0 Å². The lowest BCUT2D eigenvalue weighted by molar-refractivity contribution is -0.138. The first kappa shape index (κ1) is 12.3. The fourth-order valence-corrected chi connectivity index (χ4v) is 1.58. The third-order valence-electron chi connectivity index (χ3n) is 2.52. The van der Waals surface area contributed by atoms with Crippen LogP contribution < -0.4 is 0 Å². The van der Waals surface area contributed by atoms with Crippen molar-refractivity contribution in [2.75, 3.05) is 0 Å². The fourth-order valence-electron chi connectivity index (χ4n) is 1.58. The lowest BCUT2D eigenvalue weighted by atomic mass is 9.93. The summed E-state index contributed by atoms with van der Waals surface area (Å²) in [6, 6.07) is 1.29. The van der Waals surface area contributed by atoms with Crippen LogP contribution in [-0.4, -0.2) is 21.3 Å². The summed E-state index contributed by atoms with van der Waals surface area (Å²) < 4.78 is 13.3. The van der Waals surface area contributed by atoms with Gasteiger partial charge < -0.3 is 15.3 Å². The quantitative estimate of drug-likeness (QED) is 0.740. The van der Waals surface area contributed by atoms with E-state index in [1.165, 1.54) is 13.0 Å². The van der Waals surface area contributed by atoms with Crippen molar-refractivity contribution in [3.8, 4) is 11.5 Å². The van der Waals surface area contributed by atoms with Crippen LogP contribution in [0.3, 0.4) is 0 Å². The molecule has 0 saturated heterocycles. The number of aliphatic carboxylic acids is 1. The Bertz CT molecular complexity index is 428. The van der Waals surface area contributed by atoms with Gasteiger partial charge in [0.1, 0.15) is 0 Å². The maximum atomic E-state index is 13.3. The van der Waals surface area contributed by atoms with E-state index in [9.17, 15) is 19.4 Å². The Morgan fingerprint density at radius 3 is 2.44 bits per heavy atom. The third-order valence-corrected chi connectivity index (χ3v) is 2.52. The molecule has 0 radical (unpaired) electrons. The molecule has 0 saturated carbocycles. The van der Waals surface area contributed by atoms with Gasteiger partial charge in [-0.15, -0.1) is 0 Å². The van der Waals surface area contributed by atoms with Crippen molar-refractivity contribution in [1.29, 1.82) is 0 Å². The number of aromatic hydroxyl groups is 2. The van der Waals surface area contributed by atoms with Crippen LogP contribution in [-0.2, 0) is 4.79 Å². The molecule has 0 aliphatic heterocycles. The molecule has 4 nitrogen and oxygen atoms in total. The number of halogens is 1. The summed E-state index contributed by atoms with van der Waals surface area (Å²) in [6.45, 7) is 3.06. The normalized spacial score (nSPS) is 12.4. The van der Waals surface area contributed by atoms with Crippen molar-refractivity contribution in [2.24, 2.45) is 0 Å². The molecule has 1 aromatic carbocycles. The van der Waals surface area contributed by atoms with Crippen molar-refractivity contribution in [3.05, 3.63) is 23.0 Å². The second-order valence-corrected chi connectivity index (χ2v) is 3.59. The molecule has 5 heteroatoms. The number of hydrogen-bond donors (Lipinski definition) is 3. The first-order valence-electron chi connectivity index (χ1n) is 4.83. The average molecular weight is 228 g/mol. The second kappa shape index (κ2) is 4.38. The molecule has 0 aromatic heterocycles. The van der Waals surface area contributed by atoms with Crippen LogP contribution in [0.25, 0.3) is 0 Å². The van der Waals surface area contributed by atoms with Crippen LogP contribution in [0.1, 0.15) is 30.4 Å². The molecule has 3 N–H and O–H groups in total. The van der Waals surface area contributed by atoms with Crippen LogP contribution in [0.5, 0.6) is 11.5 Å². The van der Waals surface area contributed by atoms with Gasteiger partial charge in [-0.05, 0) is 25.0 Å². The standard InChI is InChI=1S/C11H13FO4/c1-3-6(11(15)16)7-4-5(2)9(13)8(12)10(7)14/h4,6,13-14H,3H2,1-2H3,(H,15,16). The lowest BCUT2D eigenvalue weighted by Gasteiger charge is -2.14. The van der Waals surface area contributed by atoms with Gasteiger partial charge in [0.25, 0.3) is 0 Å². The van der Waals surface area contributed by atoms with Gasteiger partial charge in [-0.3, -0.25) is 4.79 Å². The molecule has 1 atom stereocenters. The van der Waals surface area contributed by atoms with Crippen LogP contribution in [0.15, 0.2) is 6.07 Å². The lowest BCUT2D eigenvalue weighted by Crippen LogP contribution is -2.11. The van der Waals surface area contributed by atoms with Gasteiger partial charge in [0.05, 0.1) is 5.92 Å². The Kier molecular flexibility index (Phi) is 3.37. The number of hydrogen-bond acceptors (Lipinski definition) is 3. The smallest absolute Gasteiger partial charge is 0.311 e. The Morgan fingerprint density at radius 1 is 1.44 bits per heavy atom. The van der Waals surface area contributed by atoms with Gasteiger partial charge in [-0.1, -0.05) is 6.92 Å². The van der Waals surface area contributed by atoms with E-state index in [0.29, 0.717) is 0 Å². The molecule has 0 aliphatic rings. The summed E-state index contributed by atoms with van der Waals surface area (Å²) in [4.78, 5) is 10.9. The molecule has 88 valence electrons. The molecular formula is C11H13FO4. The number of rotatable bonds is 3. The van der Waals surface area contributed by atoms with Crippen LogP contribution in [0.2, 0.25) is 0 Å². The van der Waals surface area contributed by atoms with Crippen molar-refractivity contribution < 1.29 is 24.5 Å². The molecule has 0 spiro atoms. The highest BCUT2D eigenvalue weighted by Gasteiger charge is 2.25. The molecule has 1 unspecified atom stereocenters. The molecular weight excluding hydrogens is 215 g/mol. The maximum Gasteiger partial charge on any atom is 0.311 e. The topological polar surface area (TPSA) is 77.8 Å². The van der Waals surface area contributed by atoms with E-state index < -0.39 is 29.2 Å². The molecule has 1 rings (SSSR count). The summed E-state index contributed by atoms with van der Waals surface area (Å²) in [5.74, 6) is -4.73. The largest absolute Gasteiger partial charge is 0.505 e. The van der Waals surface area contributed by atoms with E-state index in [-0.39, 0.29) is 17.5 Å². The zero-order chi connectivity index (χ0) is 12.5. The van der Waals surface area contributed by atoms with E-state index in [1.807, 2.05) is 0 Å². The number of carboxylic acid groups (broad SMARTS) is 1. The van der Waals surface area contributed by atoms with Crippen molar-refractivity contribution >= 4 is 5.97 Å². The predicted molar refractivity (Wildman–Crippen MR) is 55.1 cm³/mol. The first-order valence-corrected chi connectivity index (χ1v) is 4.83. The van der Waals surface area contributed by atoms with E-state index >= 15 is 0 Å². The SMILES string of the molecule is CCC(C(=O)O)c1cc(C)c(O)c(F)c1O. The van der Waals surface area contributed by atoms with E-state index in [4.69, 9.17) is 5.11 Å². The minimum atomic E-state index is -1.17. The number of benzene rings is 1. The zero-order valence-corrected chi connectivity index (χ0v) is 8.99. The van der Waals surface area contributed by atoms with E-state index in [0.717, 1.165) is 0 Å². The highest BCUT2D eigenvalue weighted by Crippen LogP contribution is 2.37. The Labute approximate surface area is 92.0 Å². The average Bonchev–Trinajstić information content (AvgIpc) is 2.23. The molecule has 1 aromatic rings. The number of carbonyl (C=O) groups is 1. The number of phenolic OH excluding ortho intramolecular Hbond substituents is 2. The van der Waals surface area contributed by atoms with Crippen molar-refractivity contribution in [1.82, 2.24) is 0 Å². The summed E-state index contributed by atoms with van der Waals surface area (Å²) in [5, 5.41) is 27.6. The first-order chi connectivity index (χ1) is 7.40. The van der Waals surface area contributed by atoms with Gasteiger partial charge in [0.15, 0.2) is 11.5 Å². The summed E-state index contributed by atoms with van der Waals surface area (Å²) in [7, 11) is 0. The van der Waals surface area contributed by atoms with Crippen molar-refractivity contribution in [2.45, 2.75) is 26.2 Å². The fraction of sp³-hybridized carbons (Fsp3) is 0.364. The highest BCUT2D eigenvalue weighted by molar-refractivity contribution is 5.77. The molecule has 0 bridgehead atoms. The molecule has 16 heavy (non-hydrogen) atoms. The summed E-state index contributed by atoms with van der Waals surface area (Å²) in [6.07, 6.45) is 0.229. The Hall–Kier alpha value is -1.78. The van der Waals surface area contributed by atoms with Gasteiger partial charge in [-0.25, -0.2) is 0 Å². The highest BCUT2D eigenvalue weighted by atomic mass is 19.1. The van der Waals surface area contributed by atoms with Gasteiger partial charge >= 0.3 is 5.97 Å². The van der Waals surface area contributed by atoms with Gasteiger partial charge in [0, 0.05) is 5.56 Å².